The van der Waals surface area contributed by atoms with Crippen molar-refractivity contribution in [3.05, 3.63) is 58.0 Å². The van der Waals surface area contributed by atoms with E-state index in [0.29, 0.717) is 16.0 Å². The lowest BCUT2D eigenvalue weighted by Crippen LogP contribution is -2.28. The molecular formula is C11H10Cl2N2O. The highest BCUT2D eigenvalue weighted by atomic mass is 35.5. The van der Waals surface area contributed by atoms with Crippen molar-refractivity contribution in [2.45, 2.75) is 6.04 Å². The number of benzene rings is 1. The van der Waals surface area contributed by atoms with Crippen molar-refractivity contribution in [2.24, 2.45) is 5.84 Å². The van der Waals surface area contributed by atoms with E-state index in [1.807, 2.05) is 18.2 Å². The van der Waals surface area contributed by atoms with E-state index >= 15 is 0 Å². The van der Waals surface area contributed by atoms with Crippen molar-refractivity contribution in [1.82, 2.24) is 5.43 Å². The van der Waals surface area contributed by atoms with Gasteiger partial charge in [-0.1, -0.05) is 29.8 Å². The third kappa shape index (κ3) is 2.23. The molecule has 1 unspecified atom stereocenters. The Morgan fingerprint density at radius 1 is 1.12 bits per heavy atom. The molecule has 3 N–H and O–H groups in total. The largest absolute Gasteiger partial charge is 0.448 e. The van der Waals surface area contributed by atoms with Crippen LogP contribution in [0, 0.1) is 0 Å². The van der Waals surface area contributed by atoms with Crippen LogP contribution >= 0.6 is 23.2 Å². The molecule has 1 atom stereocenters. The first-order valence-electron chi connectivity index (χ1n) is 4.68. The summed E-state index contributed by atoms with van der Waals surface area (Å²) in [6.45, 7) is 0. The molecule has 1 aromatic heterocycles. The summed E-state index contributed by atoms with van der Waals surface area (Å²) in [6, 6.07) is 10.5. The molecule has 0 spiro atoms. The van der Waals surface area contributed by atoms with E-state index < -0.39 is 0 Å². The van der Waals surface area contributed by atoms with Crippen molar-refractivity contribution in [1.29, 1.82) is 0 Å². The molecule has 5 heteroatoms. The Bertz CT molecular complexity index is 484. The molecule has 2 rings (SSSR count). The first-order chi connectivity index (χ1) is 7.72. The number of nitrogens with one attached hydrogen (secondary N) is 1. The van der Waals surface area contributed by atoms with Crippen molar-refractivity contribution in [3.63, 3.8) is 0 Å². The Morgan fingerprint density at radius 3 is 2.44 bits per heavy atom. The van der Waals surface area contributed by atoms with Gasteiger partial charge in [-0.15, -0.1) is 0 Å². The molecule has 0 aliphatic heterocycles. The normalized spacial score (nSPS) is 12.7. The Balaban J connectivity index is 2.40. The standard InChI is InChI=1S/C11H10Cl2N2O/c12-8-4-2-1-3-7(8)11(15-14)9-5-6-10(13)16-9/h1-6,11,15H,14H2. The number of rotatable bonds is 3. The molecule has 0 radical (unpaired) electrons. The van der Waals surface area contributed by atoms with E-state index in [-0.39, 0.29) is 6.04 Å². The molecular weight excluding hydrogens is 247 g/mol. The highest BCUT2D eigenvalue weighted by Crippen LogP contribution is 2.29. The number of hydrogen-bond donors (Lipinski definition) is 2. The van der Waals surface area contributed by atoms with Crippen molar-refractivity contribution in [3.8, 4) is 0 Å². The van der Waals surface area contributed by atoms with Gasteiger partial charge in [0, 0.05) is 5.02 Å². The maximum atomic E-state index is 6.08. The van der Waals surface area contributed by atoms with Crippen molar-refractivity contribution >= 4 is 23.2 Å². The summed E-state index contributed by atoms with van der Waals surface area (Å²) in [7, 11) is 0. The Kier molecular flexibility index (Phi) is 3.51. The molecule has 84 valence electrons. The van der Waals surface area contributed by atoms with E-state index in [9.17, 15) is 0 Å². The van der Waals surface area contributed by atoms with Crippen LogP contribution in [0.4, 0.5) is 0 Å². The van der Waals surface area contributed by atoms with Crippen molar-refractivity contribution < 1.29 is 4.42 Å². The average molecular weight is 257 g/mol. The minimum atomic E-state index is -0.304. The molecule has 1 aromatic carbocycles. The molecule has 2 aromatic rings. The second-order valence-corrected chi connectivity index (χ2v) is 4.04. The number of halogens is 2. The summed E-state index contributed by atoms with van der Waals surface area (Å²) in [5.74, 6) is 6.13. The van der Waals surface area contributed by atoms with Gasteiger partial charge in [0.05, 0.1) is 0 Å². The second kappa shape index (κ2) is 4.89. The molecule has 0 saturated carbocycles. The zero-order chi connectivity index (χ0) is 11.5. The molecule has 3 nitrogen and oxygen atoms in total. The summed E-state index contributed by atoms with van der Waals surface area (Å²) in [5, 5.41) is 0.945. The molecule has 0 fully saturated rings. The SMILES string of the molecule is NNC(c1ccc(Cl)o1)c1ccccc1Cl. The van der Waals surface area contributed by atoms with Crippen LogP contribution in [-0.4, -0.2) is 0 Å². The summed E-state index contributed by atoms with van der Waals surface area (Å²) in [4.78, 5) is 0. The van der Waals surface area contributed by atoms with Crippen LogP contribution in [0.3, 0.4) is 0 Å². The van der Waals surface area contributed by atoms with Crippen LogP contribution in [-0.2, 0) is 0 Å². The van der Waals surface area contributed by atoms with Gasteiger partial charge in [0.2, 0.25) is 0 Å². The van der Waals surface area contributed by atoms with Crippen LogP contribution in [0.5, 0.6) is 0 Å². The third-order valence-corrected chi connectivity index (χ3v) is 2.81. The number of hydrazine groups is 1. The Hall–Kier alpha value is -1.00. The van der Waals surface area contributed by atoms with Crippen LogP contribution in [0.25, 0.3) is 0 Å². The number of furan rings is 1. The molecule has 0 saturated heterocycles. The van der Waals surface area contributed by atoms with Gasteiger partial charge < -0.3 is 4.42 Å². The average Bonchev–Trinajstić information content (AvgIpc) is 2.69. The molecule has 0 amide bonds. The van der Waals surface area contributed by atoms with Gasteiger partial charge in [-0.3, -0.25) is 5.84 Å². The highest BCUT2D eigenvalue weighted by molar-refractivity contribution is 6.31. The van der Waals surface area contributed by atoms with E-state index in [2.05, 4.69) is 5.43 Å². The second-order valence-electron chi connectivity index (χ2n) is 3.26. The monoisotopic (exact) mass is 256 g/mol. The minimum absolute atomic E-state index is 0.304. The van der Waals surface area contributed by atoms with Crippen LogP contribution in [0.2, 0.25) is 10.2 Å². The number of nitrogens with two attached hydrogens (primary N) is 1. The van der Waals surface area contributed by atoms with Crippen molar-refractivity contribution in [2.75, 3.05) is 0 Å². The highest BCUT2D eigenvalue weighted by Gasteiger charge is 2.18. The third-order valence-electron chi connectivity index (χ3n) is 2.26. The summed E-state index contributed by atoms with van der Waals surface area (Å²) >= 11 is 11.8. The maximum Gasteiger partial charge on any atom is 0.193 e. The quantitative estimate of drug-likeness (QED) is 0.656. The lowest BCUT2D eigenvalue weighted by atomic mass is 10.1. The van der Waals surface area contributed by atoms with E-state index in [1.54, 1.807) is 18.2 Å². The maximum absolute atomic E-state index is 6.08. The van der Waals surface area contributed by atoms with Gasteiger partial charge in [-0.05, 0) is 35.4 Å². The Morgan fingerprint density at radius 2 is 1.88 bits per heavy atom. The van der Waals surface area contributed by atoms with Gasteiger partial charge >= 0.3 is 0 Å². The van der Waals surface area contributed by atoms with Crippen LogP contribution in [0.1, 0.15) is 17.4 Å². The fraction of sp³-hybridized carbons (Fsp3) is 0.0909. The fourth-order valence-corrected chi connectivity index (χ4v) is 1.91. The summed E-state index contributed by atoms with van der Waals surface area (Å²) < 4.78 is 5.31. The van der Waals surface area contributed by atoms with E-state index in [0.717, 1.165) is 5.56 Å². The van der Waals surface area contributed by atoms with Crippen LogP contribution in [0.15, 0.2) is 40.8 Å². The van der Waals surface area contributed by atoms with Gasteiger partial charge in [0.25, 0.3) is 0 Å². The molecule has 1 heterocycles. The lowest BCUT2D eigenvalue weighted by Gasteiger charge is -2.14. The van der Waals surface area contributed by atoms with E-state index in [1.165, 1.54) is 0 Å². The zero-order valence-electron chi connectivity index (χ0n) is 8.28. The summed E-state index contributed by atoms with van der Waals surface area (Å²) in [5.41, 5.74) is 3.50. The Labute approximate surface area is 103 Å². The first kappa shape index (κ1) is 11.5. The fourth-order valence-electron chi connectivity index (χ4n) is 1.52. The van der Waals surface area contributed by atoms with Gasteiger partial charge in [-0.25, -0.2) is 5.43 Å². The predicted molar refractivity (Wildman–Crippen MR) is 64.3 cm³/mol. The predicted octanol–water partition coefficient (Wildman–Crippen LogP) is 3.14. The number of hydrogen-bond acceptors (Lipinski definition) is 3. The minimum Gasteiger partial charge on any atom is -0.448 e. The van der Waals surface area contributed by atoms with E-state index in [4.69, 9.17) is 33.5 Å². The van der Waals surface area contributed by atoms with Crippen LogP contribution < -0.4 is 11.3 Å². The molecule has 0 aliphatic rings. The zero-order valence-corrected chi connectivity index (χ0v) is 9.79. The molecule has 0 bridgehead atoms. The first-order valence-corrected chi connectivity index (χ1v) is 5.43. The van der Waals surface area contributed by atoms with Gasteiger partial charge in [-0.2, -0.15) is 0 Å². The molecule has 16 heavy (non-hydrogen) atoms. The molecule has 0 aliphatic carbocycles. The summed E-state index contributed by atoms with van der Waals surface area (Å²) in [6.07, 6.45) is 0. The van der Waals surface area contributed by atoms with Gasteiger partial charge in [0.1, 0.15) is 11.8 Å². The topological polar surface area (TPSA) is 51.2 Å². The van der Waals surface area contributed by atoms with Gasteiger partial charge in [0.15, 0.2) is 5.22 Å². The lowest BCUT2D eigenvalue weighted by molar-refractivity contribution is 0.453. The smallest absolute Gasteiger partial charge is 0.193 e.